The lowest BCUT2D eigenvalue weighted by Crippen LogP contribution is -2.12. The van der Waals surface area contributed by atoms with Crippen LogP contribution in [0.15, 0.2) is 0 Å². The van der Waals surface area contributed by atoms with Crippen LogP contribution in [0.25, 0.3) is 0 Å². The summed E-state index contributed by atoms with van der Waals surface area (Å²) in [4.78, 5) is 4.46. The zero-order valence-corrected chi connectivity index (χ0v) is 2.77. The first-order valence-corrected chi connectivity index (χ1v) is 1.55. The molecule has 1 radical (unpaired) electrons. The van der Waals surface area contributed by atoms with Gasteiger partial charge < -0.3 is 0 Å². The van der Waals surface area contributed by atoms with Gasteiger partial charge in [0.1, 0.15) is 0 Å². The summed E-state index contributed by atoms with van der Waals surface area (Å²) in [6.45, 7) is 1.58. The minimum absolute atomic E-state index is 0.722. The summed E-state index contributed by atoms with van der Waals surface area (Å²) in [7, 11) is 0. The van der Waals surface area contributed by atoms with Crippen LogP contribution in [-0.4, -0.2) is 13.2 Å². The predicted molar refractivity (Wildman–Crippen MR) is 16.1 cm³/mol. The number of rotatable bonds is 0. The van der Waals surface area contributed by atoms with E-state index in [1.54, 1.807) is 0 Å². The molecule has 0 saturated carbocycles. The second kappa shape index (κ2) is 1.35. The van der Waals surface area contributed by atoms with Crippen molar-refractivity contribution >= 4 is 0 Å². The molecule has 1 heterocycles. The summed E-state index contributed by atoms with van der Waals surface area (Å²) in [6.07, 6.45) is 0. The zero-order chi connectivity index (χ0) is 3.54. The molecule has 29 valence electrons. The molecule has 1 aliphatic heterocycles. The Bertz CT molecular complexity index is 19.2. The number of hydrogen-bond donors (Lipinski definition) is 1. The van der Waals surface area contributed by atoms with E-state index in [0.717, 1.165) is 13.2 Å². The molecule has 0 aliphatic carbocycles. The molecule has 5 heavy (non-hydrogen) atoms. The summed E-state index contributed by atoms with van der Waals surface area (Å²) in [5.74, 6) is 0. The van der Waals surface area contributed by atoms with Gasteiger partial charge in [0.2, 0.25) is 0 Å². The molecule has 1 N–H and O–H groups in total. The quantitative estimate of drug-likeness (QED) is 0.401. The van der Waals surface area contributed by atoms with Gasteiger partial charge in [0.15, 0.2) is 0 Å². The average Bonchev–Trinajstić information content (AvgIpc) is 1.76. The van der Waals surface area contributed by atoms with Crippen LogP contribution in [0.2, 0.25) is 0 Å². The SMILES string of the molecule is C1CO[N]N1. The molecule has 1 rings (SSSR count). The maximum Gasteiger partial charge on any atom is 0.0858 e. The fraction of sp³-hybridized carbons (Fsp3) is 1.00. The minimum atomic E-state index is 0.722. The van der Waals surface area contributed by atoms with E-state index in [4.69, 9.17) is 0 Å². The Hall–Kier alpha value is -0.120. The first-order valence-electron chi connectivity index (χ1n) is 1.55. The predicted octanol–water partition coefficient (Wildman–Crippen LogP) is -0.959. The monoisotopic (exact) mass is 73.0 g/mol. The minimum Gasteiger partial charge on any atom is -0.265 e. The third-order valence-corrected chi connectivity index (χ3v) is 0.434. The maximum absolute atomic E-state index is 4.46. The van der Waals surface area contributed by atoms with Gasteiger partial charge in [-0.1, -0.05) is 0 Å². The van der Waals surface area contributed by atoms with Crippen molar-refractivity contribution < 1.29 is 4.84 Å². The van der Waals surface area contributed by atoms with Crippen molar-refractivity contribution in [2.75, 3.05) is 13.2 Å². The average molecular weight is 73.1 g/mol. The van der Waals surface area contributed by atoms with Crippen molar-refractivity contribution in [3.8, 4) is 0 Å². The van der Waals surface area contributed by atoms with Gasteiger partial charge in [-0.15, -0.1) is 0 Å². The Labute approximate surface area is 30.2 Å². The smallest absolute Gasteiger partial charge is 0.0858 e. The first-order chi connectivity index (χ1) is 2.50. The summed E-state index contributed by atoms with van der Waals surface area (Å²) < 4.78 is 0. The van der Waals surface area contributed by atoms with E-state index < -0.39 is 0 Å². The number of hydrogen-bond acceptors (Lipinski definition) is 2. The van der Waals surface area contributed by atoms with E-state index in [0.29, 0.717) is 0 Å². The Morgan fingerprint density at radius 2 is 2.80 bits per heavy atom. The Morgan fingerprint density at radius 3 is 3.00 bits per heavy atom. The van der Waals surface area contributed by atoms with Gasteiger partial charge in [0.05, 0.1) is 6.61 Å². The van der Waals surface area contributed by atoms with E-state index in [1.165, 1.54) is 0 Å². The molecule has 3 nitrogen and oxygen atoms in total. The molecule has 1 fully saturated rings. The van der Waals surface area contributed by atoms with Crippen LogP contribution in [0.1, 0.15) is 0 Å². The van der Waals surface area contributed by atoms with Gasteiger partial charge in [0.25, 0.3) is 0 Å². The lowest BCUT2D eigenvalue weighted by molar-refractivity contribution is 0.0765. The van der Waals surface area contributed by atoms with Crippen LogP contribution in [0, 0.1) is 0 Å². The normalized spacial score (nSPS) is 24.0. The highest BCUT2D eigenvalue weighted by Gasteiger charge is 1.94. The van der Waals surface area contributed by atoms with Gasteiger partial charge in [-0.25, -0.2) is 5.43 Å². The van der Waals surface area contributed by atoms with Crippen LogP contribution in [0.4, 0.5) is 0 Å². The first kappa shape index (κ1) is 3.08. The molecular formula is C2H5N2O. The van der Waals surface area contributed by atoms with Gasteiger partial charge in [-0.2, -0.15) is 0 Å². The van der Waals surface area contributed by atoms with E-state index in [9.17, 15) is 0 Å². The van der Waals surface area contributed by atoms with E-state index in [2.05, 4.69) is 15.9 Å². The van der Waals surface area contributed by atoms with Crippen molar-refractivity contribution in [3.05, 3.63) is 0 Å². The highest BCUT2D eigenvalue weighted by atomic mass is 16.7. The fourth-order valence-electron chi connectivity index (χ4n) is 0.228. The lowest BCUT2D eigenvalue weighted by Gasteiger charge is -1.75. The Balaban J connectivity index is 2.08. The largest absolute Gasteiger partial charge is 0.265 e. The molecule has 0 bridgehead atoms. The fourth-order valence-corrected chi connectivity index (χ4v) is 0.228. The molecule has 0 aromatic heterocycles. The Kier molecular flexibility index (Phi) is 0.834. The second-order valence-electron chi connectivity index (χ2n) is 0.833. The molecule has 0 atom stereocenters. The molecule has 0 amide bonds. The maximum atomic E-state index is 4.46. The van der Waals surface area contributed by atoms with Crippen LogP contribution in [0.3, 0.4) is 0 Å². The molecular weight excluding hydrogens is 68.0 g/mol. The zero-order valence-electron chi connectivity index (χ0n) is 2.77. The van der Waals surface area contributed by atoms with E-state index in [-0.39, 0.29) is 0 Å². The molecule has 0 unspecified atom stereocenters. The molecule has 0 spiro atoms. The summed E-state index contributed by atoms with van der Waals surface area (Å²) in [5.41, 5.74) is 5.96. The summed E-state index contributed by atoms with van der Waals surface area (Å²) >= 11 is 0. The third kappa shape index (κ3) is 0.576. The van der Waals surface area contributed by atoms with Crippen molar-refractivity contribution in [1.29, 1.82) is 0 Å². The van der Waals surface area contributed by atoms with Gasteiger partial charge in [-0.05, 0) is 5.59 Å². The summed E-state index contributed by atoms with van der Waals surface area (Å²) in [6, 6.07) is 0. The van der Waals surface area contributed by atoms with Gasteiger partial charge in [-0.3, -0.25) is 4.84 Å². The summed E-state index contributed by atoms with van der Waals surface area (Å²) in [5, 5.41) is 0. The van der Waals surface area contributed by atoms with Crippen LogP contribution >= 0.6 is 0 Å². The van der Waals surface area contributed by atoms with Crippen LogP contribution < -0.4 is 11.0 Å². The lowest BCUT2D eigenvalue weighted by atomic mass is 10.8. The van der Waals surface area contributed by atoms with Crippen molar-refractivity contribution in [3.63, 3.8) is 0 Å². The standard InChI is InChI=1S/C2H5N2O/c1-2-5-4-3-1/h3H,1-2H2. The number of nitrogens with one attached hydrogen (secondary N) is 1. The highest BCUT2D eigenvalue weighted by Crippen LogP contribution is 1.70. The third-order valence-electron chi connectivity index (χ3n) is 0.434. The van der Waals surface area contributed by atoms with Crippen LogP contribution in [-0.2, 0) is 4.84 Å². The highest BCUT2D eigenvalue weighted by molar-refractivity contribution is 4.35. The number of nitrogens with zero attached hydrogens (tertiary/aromatic N) is 1. The van der Waals surface area contributed by atoms with Crippen molar-refractivity contribution in [1.82, 2.24) is 11.0 Å². The van der Waals surface area contributed by atoms with E-state index >= 15 is 0 Å². The topological polar surface area (TPSA) is 35.4 Å². The molecule has 3 heteroatoms. The van der Waals surface area contributed by atoms with Crippen molar-refractivity contribution in [2.45, 2.75) is 0 Å². The van der Waals surface area contributed by atoms with E-state index in [1.807, 2.05) is 0 Å². The molecule has 0 aromatic carbocycles. The molecule has 1 saturated heterocycles. The molecule has 0 aromatic rings. The van der Waals surface area contributed by atoms with Gasteiger partial charge >= 0.3 is 0 Å². The molecule has 1 aliphatic rings. The second-order valence-corrected chi connectivity index (χ2v) is 0.833. The van der Waals surface area contributed by atoms with Gasteiger partial charge in [0, 0.05) is 6.54 Å². The van der Waals surface area contributed by atoms with Crippen LogP contribution in [0.5, 0.6) is 0 Å². The Morgan fingerprint density at radius 1 is 1.80 bits per heavy atom. The van der Waals surface area contributed by atoms with Crippen molar-refractivity contribution in [2.24, 2.45) is 0 Å².